The molecule has 1 aromatic heterocycles. The summed E-state index contributed by atoms with van der Waals surface area (Å²) < 4.78 is 5.50. The Morgan fingerprint density at radius 2 is 2.44 bits per heavy atom. The van der Waals surface area contributed by atoms with E-state index in [1.807, 2.05) is 13.8 Å². The van der Waals surface area contributed by atoms with Crippen molar-refractivity contribution in [2.45, 2.75) is 31.9 Å². The number of aromatic nitrogens is 1. The maximum absolute atomic E-state index is 10.6. The van der Waals surface area contributed by atoms with Crippen molar-refractivity contribution < 1.29 is 9.66 Å². The SMILES string of the molecule is C[C@H]1OCC[C@@]1(C)Nc1ncc([N+](=O)[O-])cc1Cl. The number of rotatable bonds is 3. The first-order valence-corrected chi connectivity index (χ1v) is 6.00. The first-order valence-electron chi connectivity index (χ1n) is 5.62. The fraction of sp³-hybridized carbons (Fsp3) is 0.545. The van der Waals surface area contributed by atoms with Gasteiger partial charge in [-0.3, -0.25) is 10.1 Å². The van der Waals surface area contributed by atoms with Crippen molar-refractivity contribution in [3.8, 4) is 0 Å². The Bertz CT molecular complexity index is 483. The van der Waals surface area contributed by atoms with E-state index in [0.29, 0.717) is 12.4 Å². The fourth-order valence-electron chi connectivity index (χ4n) is 1.89. The number of ether oxygens (including phenoxy) is 1. The van der Waals surface area contributed by atoms with Gasteiger partial charge in [0.15, 0.2) is 0 Å². The van der Waals surface area contributed by atoms with Crippen LogP contribution in [0.25, 0.3) is 0 Å². The van der Waals surface area contributed by atoms with Crippen molar-refractivity contribution in [3.63, 3.8) is 0 Å². The van der Waals surface area contributed by atoms with E-state index in [0.717, 1.165) is 6.42 Å². The molecule has 0 spiro atoms. The normalized spacial score (nSPS) is 27.2. The number of pyridine rings is 1. The molecule has 1 aliphatic rings. The molecule has 1 saturated heterocycles. The Morgan fingerprint density at radius 1 is 1.72 bits per heavy atom. The number of nitrogens with one attached hydrogen (secondary N) is 1. The third-order valence-electron chi connectivity index (χ3n) is 3.33. The zero-order valence-corrected chi connectivity index (χ0v) is 10.9. The van der Waals surface area contributed by atoms with Crippen molar-refractivity contribution >= 4 is 23.1 Å². The molecule has 1 aliphatic heterocycles. The summed E-state index contributed by atoms with van der Waals surface area (Å²) >= 11 is 5.99. The van der Waals surface area contributed by atoms with Crippen molar-refractivity contribution in [3.05, 3.63) is 27.4 Å². The topological polar surface area (TPSA) is 77.3 Å². The van der Waals surface area contributed by atoms with E-state index in [1.165, 1.54) is 12.3 Å². The second-order valence-electron chi connectivity index (χ2n) is 4.59. The summed E-state index contributed by atoms with van der Waals surface area (Å²) in [6.07, 6.45) is 2.06. The molecule has 1 fully saturated rings. The minimum atomic E-state index is -0.522. The van der Waals surface area contributed by atoms with Crippen LogP contribution < -0.4 is 5.32 Å². The summed E-state index contributed by atoms with van der Waals surface area (Å²) in [6.45, 7) is 4.67. The van der Waals surface area contributed by atoms with Gasteiger partial charge in [-0.15, -0.1) is 0 Å². The summed E-state index contributed by atoms with van der Waals surface area (Å²) in [5.74, 6) is 0.446. The number of halogens is 1. The van der Waals surface area contributed by atoms with Gasteiger partial charge in [0.25, 0.3) is 5.69 Å². The van der Waals surface area contributed by atoms with E-state index in [1.54, 1.807) is 0 Å². The Balaban J connectivity index is 2.22. The van der Waals surface area contributed by atoms with Crippen LogP contribution in [0, 0.1) is 10.1 Å². The molecule has 0 bridgehead atoms. The third kappa shape index (κ3) is 2.39. The quantitative estimate of drug-likeness (QED) is 0.675. The smallest absolute Gasteiger partial charge is 0.289 e. The van der Waals surface area contributed by atoms with Crippen LogP contribution in [0.15, 0.2) is 12.3 Å². The molecule has 7 heteroatoms. The summed E-state index contributed by atoms with van der Waals surface area (Å²) in [6, 6.07) is 1.29. The predicted molar refractivity (Wildman–Crippen MR) is 68.0 cm³/mol. The lowest BCUT2D eigenvalue weighted by Crippen LogP contribution is -2.41. The van der Waals surface area contributed by atoms with Crippen LogP contribution in [0.5, 0.6) is 0 Å². The Kier molecular flexibility index (Phi) is 3.41. The average molecular weight is 272 g/mol. The summed E-state index contributed by atoms with van der Waals surface area (Å²) in [5.41, 5.74) is -0.376. The predicted octanol–water partition coefficient (Wildman–Crippen LogP) is 2.62. The van der Waals surface area contributed by atoms with E-state index < -0.39 is 4.92 Å². The van der Waals surface area contributed by atoms with Crippen molar-refractivity contribution in [1.29, 1.82) is 0 Å². The standard InChI is InChI=1S/C11H14ClN3O3/c1-7-11(2,3-4-18-7)14-10-9(12)5-8(6-13-10)15(16)17/h5-7H,3-4H2,1-2H3,(H,13,14)/t7-,11-/m1/s1. The summed E-state index contributed by atoms with van der Waals surface area (Å²) in [4.78, 5) is 14.1. The fourth-order valence-corrected chi connectivity index (χ4v) is 2.10. The molecule has 0 amide bonds. The van der Waals surface area contributed by atoms with E-state index in [-0.39, 0.29) is 22.4 Å². The van der Waals surface area contributed by atoms with Gasteiger partial charge < -0.3 is 10.1 Å². The van der Waals surface area contributed by atoms with Gasteiger partial charge in [-0.25, -0.2) is 4.98 Å². The number of nitro groups is 1. The van der Waals surface area contributed by atoms with Crippen LogP contribution in [-0.4, -0.2) is 28.2 Å². The van der Waals surface area contributed by atoms with Gasteiger partial charge in [0.2, 0.25) is 0 Å². The van der Waals surface area contributed by atoms with Crippen molar-refractivity contribution in [2.24, 2.45) is 0 Å². The molecule has 2 rings (SSSR count). The minimum absolute atomic E-state index is 0.0329. The molecule has 98 valence electrons. The Morgan fingerprint density at radius 3 is 2.94 bits per heavy atom. The number of hydrogen-bond acceptors (Lipinski definition) is 5. The highest BCUT2D eigenvalue weighted by molar-refractivity contribution is 6.33. The maximum Gasteiger partial charge on any atom is 0.289 e. The van der Waals surface area contributed by atoms with Gasteiger partial charge in [-0.05, 0) is 20.3 Å². The van der Waals surface area contributed by atoms with E-state index in [2.05, 4.69) is 10.3 Å². The lowest BCUT2D eigenvalue weighted by atomic mass is 9.95. The maximum atomic E-state index is 10.6. The number of anilines is 1. The van der Waals surface area contributed by atoms with Crippen LogP contribution >= 0.6 is 11.6 Å². The molecule has 18 heavy (non-hydrogen) atoms. The second kappa shape index (κ2) is 4.70. The lowest BCUT2D eigenvalue weighted by Gasteiger charge is -2.29. The van der Waals surface area contributed by atoms with Crippen LogP contribution in [-0.2, 0) is 4.74 Å². The lowest BCUT2D eigenvalue weighted by molar-refractivity contribution is -0.385. The monoisotopic (exact) mass is 271 g/mol. The van der Waals surface area contributed by atoms with Crippen LogP contribution in [0.1, 0.15) is 20.3 Å². The molecule has 1 N–H and O–H groups in total. The molecule has 2 heterocycles. The molecule has 6 nitrogen and oxygen atoms in total. The molecule has 1 aromatic rings. The van der Waals surface area contributed by atoms with Gasteiger partial charge in [0.05, 0.1) is 21.6 Å². The molecule has 2 atom stereocenters. The molecule has 0 saturated carbocycles. The highest BCUT2D eigenvalue weighted by atomic mass is 35.5. The van der Waals surface area contributed by atoms with Gasteiger partial charge in [-0.1, -0.05) is 11.6 Å². The van der Waals surface area contributed by atoms with E-state index in [4.69, 9.17) is 16.3 Å². The minimum Gasteiger partial charge on any atom is -0.376 e. The van der Waals surface area contributed by atoms with E-state index in [9.17, 15) is 10.1 Å². The summed E-state index contributed by atoms with van der Waals surface area (Å²) in [5, 5.41) is 14.0. The zero-order valence-electron chi connectivity index (χ0n) is 10.1. The second-order valence-corrected chi connectivity index (χ2v) is 4.99. The highest BCUT2D eigenvalue weighted by Crippen LogP contribution is 2.32. The van der Waals surface area contributed by atoms with Crippen LogP contribution in [0.2, 0.25) is 5.02 Å². The molecule has 0 aliphatic carbocycles. The molecule has 0 radical (unpaired) electrons. The number of hydrogen-bond donors (Lipinski definition) is 1. The average Bonchev–Trinajstić information content (AvgIpc) is 2.62. The van der Waals surface area contributed by atoms with E-state index >= 15 is 0 Å². The zero-order chi connectivity index (χ0) is 13.3. The van der Waals surface area contributed by atoms with Gasteiger partial charge >= 0.3 is 0 Å². The molecular formula is C11H14ClN3O3. The van der Waals surface area contributed by atoms with Crippen LogP contribution in [0.3, 0.4) is 0 Å². The first kappa shape index (κ1) is 13.0. The highest BCUT2D eigenvalue weighted by Gasteiger charge is 2.37. The molecule has 0 aromatic carbocycles. The van der Waals surface area contributed by atoms with Crippen molar-refractivity contribution in [2.75, 3.05) is 11.9 Å². The van der Waals surface area contributed by atoms with Crippen molar-refractivity contribution in [1.82, 2.24) is 4.98 Å². The van der Waals surface area contributed by atoms with Crippen LogP contribution in [0.4, 0.5) is 11.5 Å². The third-order valence-corrected chi connectivity index (χ3v) is 3.62. The Labute approximate surface area is 109 Å². The number of nitrogens with zero attached hydrogens (tertiary/aromatic N) is 2. The first-order chi connectivity index (χ1) is 8.42. The van der Waals surface area contributed by atoms with Gasteiger partial charge in [-0.2, -0.15) is 0 Å². The molecule has 0 unspecified atom stereocenters. The van der Waals surface area contributed by atoms with Gasteiger partial charge in [0, 0.05) is 12.7 Å². The van der Waals surface area contributed by atoms with Gasteiger partial charge in [0.1, 0.15) is 12.0 Å². The summed E-state index contributed by atoms with van der Waals surface area (Å²) in [7, 11) is 0. The largest absolute Gasteiger partial charge is 0.376 e. The Hall–Kier alpha value is -1.40. The molecular weight excluding hydrogens is 258 g/mol.